The molecule has 1 unspecified atom stereocenters. The summed E-state index contributed by atoms with van der Waals surface area (Å²) in [6.45, 7) is 5.86. The molecule has 0 aliphatic rings. The van der Waals surface area contributed by atoms with Gasteiger partial charge in [-0.2, -0.15) is 0 Å². The van der Waals surface area contributed by atoms with Crippen LogP contribution in [0.25, 0.3) is 0 Å². The van der Waals surface area contributed by atoms with Crippen LogP contribution in [-0.2, 0) is 14.4 Å². The minimum absolute atomic E-state index is 0.0771. The molecular weight excluding hydrogens is 228 g/mol. The number of aliphatic hydroxyl groups is 1. The molecule has 0 bridgehead atoms. The number of carboxylic acid groups (broad SMARTS) is 2. The van der Waals surface area contributed by atoms with Crippen LogP contribution in [0.3, 0.4) is 0 Å². The van der Waals surface area contributed by atoms with Gasteiger partial charge in [0.2, 0.25) is 0 Å². The molecule has 6 heteroatoms. The lowest BCUT2D eigenvalue weighted by Gasteiger charge is -2.09. The topological polar surface area (TPSA) is 112 Å². The van der Waals surface area contributed by atoms with Crippen molar-refractivity contribution in [3.05, 3.63) is 23.3 Å². The van der Waals surface area contributed by atoms with Crippen LogP contribution in [0.5, 0.6) is 0 Å². The van der Waals surface area contributed by atoms with Gasteiger partial charge in [0, 0.05) is 6.42 Å². The quantitative estimate of drug-likeness (QED) is 0.352. The molecule has 0 aliphatic heterocycles. The van der Waals surface area contributed by atoms with Crippen molar-refractivity contribution in [1.29, 1.82) is 0 Å². The van der Waals surface area contributed by atoms with E-state index in [0.717, 1.165) is 0 Å². The number of allylic oxidation sites excluding steroid dienone is 1. The molecule has 0 fully saturated rings. The Kier molecular flexibility index (Phi) is 5.27. The summed E-state index contributed by atoms with van der Waals surface area (Å²) in [5.74, 6) is -4.13. The molecule has 0 rings (SSSR count). The van der Waals surface area contributed by atoms with Crippen molar-refractivity contribution in [2.45, 2.75) is 26.4 Å². The smallest absolute Gasteiger partial charge is 0.340 e. The average Bonchev–Trinajstić information content (AvgIpc) is 2.14. The van der Waals surface area contributed by atoms with E-state index in [1.165, 1.54) is 13.8 Å². The summed E-state index contributed by atoms with van der Waals surface area (Å²) >= 11 is 0. The van der Waals surface area contributed by atoms with Gasteiger partial charge in [-0.05, 0) is 19.4 Å². The minimum Gasteiger partial charge on any atom is -0.478 e. The Morgan fingerprint density at radius 3 is 1.88 bits per heavy atom. The zero-order valence-electron chi connectivity index (χ0n) is 9.56. The molecule has 0 aromatic carbocycles. The monoisotopic (exact) mass is 242 g/mol. The van der Waals surface area contributed by atoms with Crippen molar-refractivity contribution in [1.82, 2.24) is 0 Å². The molecule has 17 heavy (non-hydrogen) atoms. The number of carbonyl (C=O) groups excluding carboxylic acids is 1. The Bertz CT molecular complexity index is 402. The first-order valence-corrected chi connectivity index (χ1v) is 4.76. The van der Waals surface area contributed by atoms with Crippen LogP contribution in [0.15, 0.2) is 23.3 Å². The van der Waals surface area contributed by atoms with Crippen molar-refractivity contribution in [2.75, 3.05) is 0 Å². The van der Waals surface area contributed by atoms with Gasteiger partial charge in [0.1, 0.15) is 5.57 Å². The fraction of sp³-hybridized carbons (Fsp3) is 0.364. The number of Topliss-reactive ketones (excluding diaryl/α,β-unsaturated/α-hetero) is 1. The number of hydrogen-bond acceptors (Lipinski definition) is 4. The lowest BCUT2D eigenvalue weighted by molar-refractivity contribution is -0.137. The molecule has 0 heterocycles. The predicted molar refractivity (Wildman–Crippen MR) is 58.4 cm³/mol. The summed E-state index contributed by atoms with van der Waals surface area (Å²) in [4.78, 5) is 33.3. The van der Waals surface area contributed by atoms with E-state index in [2.05, 4.69) is 6.58 Å². The van der Waals surface area contributed by atoms with Gasteiger partial charge in [-0.15, -0.1) is 0 Å². The zero-order valence-corrected chi connectivity index (χ0v) is 9.56. The van der Waals surface area contributed by atoms with E-state index in [-0.39, 0.29) is 5.57 Å². The summed E-state index contributed by atoms with van der Waals surface area (Å²) < 4.78 is 0. The van der Waals surface area contributed by atoms with Gasteiger partial charge in [0.25, 0.3) is 0 Å². The summed E-state index contributed by atoms with van der Waals surface area (Å²) in [6, 6.07) is 0. The maximum atomic E-state index is 11.5. The zero-order chi connectivity index (χ0) is 13.7. The number of carbonyl (C=O) groups is 3. The third-order valence-electron chi connectivity index (χ3n) is 1.89. The number of hydrogen-bond donors (Lipinski definition) is 3. The molecular formula is C11H14O6. The maximum Gasteiger partial charge on any atom is 0.340 e. The fourth-order valence-corrected chi connectivity index (χ4v) is 1.17. The maximum absolute atomic E-state index is 11.5. The van der Waals surface area contributed by atoms with Crippen LogP contribution in [0.2, 0.25) is 0 Å². The van der Waals surface area contributed by atoms with Gasteiger partial charge in [-0.25, -0.2) is 9.59 Å². The summed E-state index contributed by atoms with van der Waals surface area (Å²) in [6.07, 6.45) is -1.48. The molecule has 6 nitrogen and oxygen atoms in total. The normalized spacial score (nSPS) is 13.6. The molecule has 3 N–H and O–H groups in total. The van der Waals surface area contributed by atoms with Gasteiger partial charge < -0.3 is 15.3 Å². The Morgan fingerprint density at radius 2 is 1.65 bits per heavy atom. The Hall–Kier alpha value is -1.95. The number of rotatable bonds is 6. The first kappa shape index (κ1) is 15.0. The third-order valence-corrected chi connectivity index (χ3v) is 1.89. The molecule has 0 aromatic heterocycles. The van der Waals surface area contributed by atoms with Crippen LogP contribution in [0.1, 0.15) is 20.3 Å². The highest BCUT2D eigenvalue weighted by molar-refractivity contribution is 6.26. The van der Waals surface area contributed by atoms with E-state index in [4.69, 9.17) is 15.3 Å². The molecule has 0 spiro atoms. The molecule has 0 amide bonds. The summed E-state index contributed by atoms with van der Waals surface area (Å²) in [7, 11) is 0. The van der Waals surface area contributed by atoms with Crippen LogP contribution in [-0.4, -0.2) is 39.1 Å². The SMILES string of the molecule is C=C(C)C(=O)C(C(=O)O)=C(CC(C)O)C(=O)O. The van der Waals surface area contributed by atoms with Crippen molar-refractivity contribution in [3.63, 3.8) is 0 Å². The minimum atomic E-state index is -1.64. The highest BCUT2D eigenvalue weighted by Crippen LogP contribution is 2.16. The molecule has 0 saturated heterocycles. The van der Waals surface area contributed by atoms with Gasteiger partial charge >= 0.3 is 11.9 Å². The number of ketones is 1. The van der Waals surface area contributed by atoms with Crippen molar-refractivity contribution in [3.8, 4) is 0 Å². The van der Waals surface area contributed by atoms with Crippen molar-refractivity contribution < 1.29 is 29.7 Å². The number of carboxylic acids is 2. The summed E-state index contributed by atoms with van der Waals surface area (Å²) in [5.41, 5.74) is -1.56. The Morgan fingerprint density at radius 1 is 1.18 bits per heavy atom. The second-order valence-electron chi connectivity index (χ2n) is 3.63. The van der Waals surface area contributed by atoms with E-state index in [1.54, 1.807) is 0 Å². The van der Waals surface area contributed by atoms with Crippen LogP contribution >= 0.6 is 0 Å². The van der Waals surface area contributed by atoms with Gasteiger partial charge in [-0.1, -0.05) is 6.58 Å². The Balaban J connectivity index is 5.76. The van der Waals surface area contributed by atoms with Crippen molar-refractivity contribution in [2.24, 2.45) is 0 Å². The van der Waals surface area contributed by atoms with Crippen molar-refractivity contribution >= 4 is 17.7 Å². The van der Waals surface area contributed by atoms with E-state index < -0.39 is 41.4 Å². The number of aliphatic carboxylic acids is 2. The summed E-state index contributed by atoms with van der Waals surface area (Å²) in [5, 5.41) is 26.8. The molecule has 1 atom stereocenters. The first-order chi connectivity index (χ1) is 7.68. The van der Waals surface area contributed by atoms with E-state index in [1.807, 2.05) is 0 Å². The van der Waals surface area contributed by atoms with E-state index >= 15 is 0 Å². The fourth-order valence-electron chi connectivity index (χ4n) is 1.17. The average molecular weight is 242 g/mol. The highest BCUT2D eigenvalue weighted by atomic mass is 16.4. The number of aliphatic hydroxyl groups excluding tert-OH is 1. The lowest BCUT2D eigenvalue weighted by Crippen LogP contribution is -2.21. The van der Waals surface area contributed by atoms with Gasteiger partial charge in [0.05, 0.1) is 11.7 Å². The third kappa shape index (κ3) is 4.20. The highest BCUT2D eigenvalue weighted by Gasteiger charge is 2.27. The van der Waals surface area contributed by atoms with Crippen LogP contribution < -0.4 is 0 Å². The van der Waals surface area contributed by atoms with Gasteiger partial charge in [0.15, 0.2) is 5.78 Å². The standard InChI is InChI=1S/C11H14O6/c1-5(2)9(13)8(11(16)17)7(10(14)15)4-6(3)12/h6,12H,1,4H2,2-3H3,(H,14,15)(H,16,17). The molecule has 94 valence electrons. The molecule has 0 aromatic rings. The lowest BCUT2D eigenvalue weighted by atomic mass is 9.96. The molecule has 0 aliphatic carbocycles. The second-order valence-corrected chi connectivity index (χ2v) is 3.63. The molecule has 0 saturated carbocycles. The van der Waals surface area contributed by atoms with E-state index in [0.29, 0.717) is 0 Å². The predicted octanol–water partition coefficient (Wildman–Crippen LogP) is 0.368. The second kappa shape index (κ2) is 5.95. The molecule has 0 radical (unpaired) electrons. The largest absolute Gasteiger partial charge is 0.478 e. The van der Waals surface area contributed by atoms with E-state index in [9.17, 15) is 14.4 Å². The first-order valence-electron chi connectivity index (χ1n) is 4.76. The van der Waals surface area contributed by atoms with Crippen LogP contribution in [0.4, 0.5) is 0 Å². The Labute approximate surface area is 97.9 Å². The van der Waals surface area contributed by atoms with Crippen LogP contribution in [0, 0.1) is 0 Å². The van der Waals surface area contributed by atoms with Gasteiger partial charge in [-0.3, -0.25) is 4.79 Å².